The van der Waals surface area contributed by atoms with Crippen LogP contribution < -0.4 is 5.32 Å². The molecule has 4 heteroatoms. The Morgan fingerprint density at radius 3 is 2.81 bits per heavy atom. The van der Waals surface area contributed by atoms with E-state index in [4.69, 9.17) is 16.7 Å². The van der Waals surface area contributed by atoms with Gasteiger partial charge in [0.25, 0.3) is 5.91 Å². The van der Waals surface area contributed by atoms with E-state index < -0.39 is 0 Å². The molecule has 2 rings (SSSR count). The van der Waals surface area contributed by atoms with Gasteiger partial charge in [0.15, 0.2) is 0 Å². The number of aliphatic hydroxyl groups excluding tert-OH is 1. The zero-order valence-electron chi connectivity index (χ0n) is 12.2. The summed E-state index contributed by atoms with van der Waals surface area (Å²) in [5.74, 6) is 5.61. The molecule has 1 amide bonds. The maximum Gasteiger partial charge on any atom is 0.251 e. The summed E-state index contributed by atoms with van der Waals surface area (Å²) in [6.45, 7) is 2.93. The molecule has 1 aliphatic carbocycles. The van der Waals surface area contributed by atoms with E-state index in [1.807, 2.05) is 0 Å². The largest absolute Gasteiger partial charge is 0.395 e. The second-order valence-corrected chi connectivity index (χ2v) is 5.91. The maximum atomic E-state index is 12.1. The van der Waals surface area contributed by atoms with Gasteiger partial charge < -0.3 is 10.4 Å². The molecule has 1 saturated carbocycles. The lowest BCUT2D eigenvalue weighted by molar-refractivity contribution is 0.0944. The maximum absolute atomic E-state index is 12.1. The molecule has 3 nitrogen and oxygen atoms in total. The van der Waals surface area contributed by atoms with Gasteiger partial charge in [-0.15, -0.1) is 0 Å². The molecule has 0 heterocycles. The number of rotatable bonds is 5. The molecule has 1 aromatic rings. The molecule has 0 radical (unpaired) electrons. The van der Waals surface area contributed by atoms with E-state index in [0.717, 1.165) is 13.0 Å². The summed E-state index contributed by atoms with van der Waals surface area (Å²) >= 11 is 6.14. The standard InChI is InChI=1S/C17H20ClNO2/c1-2-17(8-9-17)12-19-16(21)14-7-6-13(15(18)11-14)5-3-4-10-20/h6-7,11,20H,2,4,8-10,12H2,1H3,(H,19,21). The molecule has 0 atom stereocenters. The minimum absolute atomic E-state index is 0.0320. The Balaban J connectivity index is 1.99. The molecule has 0 aliphatic heterocycles. The van der Waals surface area contributed by atoms with Crippen LogP contribution in [0.3, 0.4) is 0 Å². The molecular weight excluding hydrogens is 286 g/mol. The Bertz CT molecular complexity index is 582. The van der Waals surface area contributed by atoms with Gasteiger partial charge in [-0.3, -0.25) is 4.79 Å². The van der Waals surface area contributed by atoms with Crippen LogP contribution in [0.5, 0.6) is 0 Å². The fourth-order valence-electron chi connectivity index (χ4n) is 2.17. The zero-order chi connectivity index (χ0) is 15.3. The predicted molar refractivity (Wildman–Crippen MR) is 84.3 cm³/mol. The summed E-state index contributed by atoms with van der Waals surface area (Å²) in [5, 5.41) is 12.1. The Hall–Kier alpha value is -1.50. The van der Waals surface area contributed by atoms with E-state index in [1.54, 1.807) is 18.2 Å². The molecule has 1 aliphatic rings. The first kappa shape index (κ1) is 15.9. The molecule has 0 saturated heterocycles. The van der Waals surface area contributed by atoms with Crippen molar-refractivity contribution in [1.29, 1.82) is 0 Å². The van der Waals surface area contributed by atoms with Crippen LogP contribution in [0.4, 0.5) is 0 Å². The van der Waals surface area contributed by atoms with Gasteiger partial charge in [-0.05, 0) is 42.9 Å². The minimum Gasteiger partial charge on any atom is -0.395 e. The third-order valence-corrected chi connectivity index (χ3v) is 4.33. The Morgan fingerprint density at radius 1 is 1.48 bits per heavy atom. The molecule has 0 aromatic heterocycles. The van der Waals surface area contributed by atoms with Gasteiger partial charge in [-0.1, -0.05) is 30.4 Å². The van der Waals surface area contributed by atoms with E-state index in [1.165, 1.54) is 12.8 Å². The van der Waals surface area contributed by atoms with Crippen molar-refractivity contribution in [2.24, 2.45) is 5.41 Å². The van der Waals surface area contributed by atoms with Gasteiger partial charge in [0.2, 0.25) is 0 Å². The lowest BCUT2D eigenvalue weighted by atomic mass is 10.0. The number of aliphatic hydroxyl groups is 1. The van der Waals surface area contributed by atoms with Crippen LogP contribution in [-0.4, -0.2) is 24.2 Å². The fourth-order valence-corrected chi connectivity index (χ4v) is 2.40. The molecule has 0 spiro atoms. The van der Waals surface area contributed by atoms with Crippen LogP contribution in [0.25, 0.3) is 0 Å². The Labute approximate surface area is 130 Å². The molecule has 1 aromatic carbocycles. The number of hydrogen-bond acceptors (Lipinski definition) is 2. The summed E-state index contributed by atoms with van der Waals surface area (Å²) in [6, 6.07) is 5.12. The summed E-state index contributed by atoms with van der Waals surface area (Å²) < 4.78 is 0. The SMILES string of the molecule is CCC1(CNC(=O)c2ccc(C#CCCO)c(Cl)c2)CC1. The normalized spacial score (nSPS) is 15.0. The third-order valence-electron chi connectivity index (χ3n) is 4.02. The summed E-state index contributed by atoms with van der Waals surface area (Å²) in [4.78, 5) is 12.1. The van der Waals surface area contributed by atoms with Crippen LogP contribution in [0.1, 0.15) is 48.5 Å². The third kappa shape index (κ3) is 4.23. The van der Waals surface area contributed by atoms with Crippen LogP contribution in [0.2, 0.25) is 5.02 Å². The van der Waals surface area contributed by atoms with Crippen molar-refractivity contribution in [3.8, 4) is 11.8 Å². The summed E-state index contributed by atoms with van der Waals surface area (Å²) in [5.41, 5.74) is 1.56. The fraction of sp³-hybridized carbons (Fsp3) is 0.471. The van der Waals surface area contributed by atoms with Gasteiger partial charge in [0, 0.05) is 24.1 Å². The van der Waals surface area contributed by atoms with Crippen LogP contribution in [0.15, 0.2) is 18.2 Å². The smallest absolute Gasteiger partial charge is 0.251 e. The molecule has 1 fully saturated rings. The van der Waals surface area contributed by atoms with Gasteiger partial charge in [-0.2, -0.15) is 0 Å². The molecule has 2 N–H and O–H groups in total. The number of halogens is 1. The van der Waals surface area contributed by atoms with Crippen molar-refractivity contribution >= 4 is 17.5 Å². The minimum atomic E-state index is -0.0912. The number of nitrogens with one attached hydrogen (secondary N) is 1. The Kier molecular flexibility index (Phi) is 5.27. The van der Waals surface area contributed by atoms with Crippen molar-refractivity contribution < 1.29 is 9.90 Å². The highest BCUT2D eigenvalue weighted by Gasteiger charge is 2.40. The van der Waals surface area contributed by atoms with Crippen molar-refractivity contribution in [2.45, 2.75) is 32.6 Å². The number of amides is 1. The predicted octanol–water partition coefficient (Wildman–Crippen LogP) is 2.99. The monoisotopic (exact) mass is 305 g/mol. The number of carbonyl (C=O) groups excluding carboxylic acids is 1. The van der Waals surface area contributed by atoms with E-state index in [0.29, 0.717) is 28.0 Å². The van der Waals surface area contributed by atoms with Gasteiger partial charge in [0.1, 0.15) is 0 Å². The second kappa shape index (κ2) is 6.98. The van der Waals surface area contributed by atoms with Crippen molar-refractivity contribution in [2.75, 3.05) is 13.2 Å². The Morgan fingerprint density at radius 2 is 2.24 bits per heavy atom. The quantitative estimate of drug-likeness (QED) is 0.822. The highest BCUT2D eigenvalue weighted by Crippen LogP contribution is 2.47. The van der Waals surface area contributed by atoms with Gasteiger partial charge in [0.05, 0.1) is 11.6 Å². The second-order valence-electron chi connectivity index (χ2n) is 5.51. The summed E-state index contributed by atoms with van der Waals surface area (Å²) in [6.07, 6.45) is 3.92. The van der Waals surface area contributed by atoms with E-state index in [2.05, 4.69) is 24.1 Å². The van der Waals surface area contributed by atoms with Gasteiger partial charge in [-0.25, -0.2) is 0 Å². The van der Waals surface area contributed by atoms with E-state index in [-0.39, 0.29) is 12.5 Å². The van der Waals surface area contributed by atoms with E-state index in [9.17, 15) is 4.79 Å². The van der Waals surface area contributed by atoms with Gasteiger partial charge >= 0.3 is 0 Å². The topological polar surface area (TPSA) is 49.3 Å². The first-order valence-electron chi connectivity index (χ1n) is 7.28. The molecular formula is C17H20ClNO2. The lowest BCUT2D eigenvalue weighted by Crippen LogP contribution is -2.29. The van der Waals surface area contributed by atoms with Crippen molar-refractivity contribution in [3.63, 3.8) is 0 Å². The number of carbonyl (C=O) groups is 1. The first-order valence-corrected chi connectivity index (χ1v) is 7.65. The first-order chi connectivity index (χ1) is 10.1. The zero-order valence-corrected chi connectivity index (χ0v) is 13.0. The van der Waals surface area contributed by atoms with Crippen LogP contribution in [0, 0.1) is 17.3 Å². The highest BCUT2D eigenvalue weighted by molar-refractivity contribution is 6.32. The summed E-state index contributed by atoms with van der Waals surface area (Å²) in [7, 11) is 0. The average Bonchev–Trinajstić information content (AvgIpc) is 3.27. The van der Waals surface area contributed by atoms with Crippen molar-refractivity contribution in [3.05, 3.63) is 34.3 Å². The van der Waals surface area contributed by atoms with Crippen LogP contribution in [-0.2, 0) is 0 Å². The molecule has 0 unspecified atom stereocenters. The molecule has 0 bridgehead atoms. The van der Waals surface area contributed by atoms with Crippen molar-refractivity contribution in [1.82, 2.24) is 5.32 Å². The number of hydrogen-bond donors (Lipinski definition) is 2. The lowest BCUT2D eigenvalue weighted by Gasteiger charge is -2.13. The number of benzene rings is 1. The molecule has 112 valence electrons. The average molecular weight is 306 g/mol. The highest BCUT2D eigenvalue weighted by atomic mass is 35.5. The van der Waals surface area contributed by atoms with Crippen LogP contribution >= 0.6 is 11.6 Å². The molecule has 21 heavy (non-hydrogen) atoms. The van der Waals surface area contributed by atoms with E-state index >= 15 is 0 Å².